The Hall–Kier alpha value is -2.32. The van der Waals surface area contributed by atoms with Crippen LogP contribution in [-0.2, 0) is 30.2 Å². The molecular formula is C20H26BNO6. The summed E-state index contributed by atoms with van der Waals surface area (Å²) < 4.78 is 19.0. The molecule has 28 heavy (non-hydrogen) atoms. The minimum atomic E-state index is -0.938. The number of aromatic nitrogens is 1. The molecule has 0 bridgehead atoms. The van der Waals surface area contributed by atoms with Gasteiger partial charge in [0.1, 0.15) is 6.54 Å². The molecule has 1 saturated heterocycles. The second-order valence-corrected chi connectivity index (χ2v) is 8.13. The number of methoxy groups -OCH3 is 1. The van der Waals surface area contributed by atoms with E-state index in [1.807, 2.05) is 52.0 Å². The zero-order valence-electron chi connectivity index (χ0n) is 16.9. The van der Waals surface area contributed by atoms with Gasteiger partial charge in [0.25, 0.3) is 0 Å². The number of esters is 1. The first kappa shape index (κ1) is 20.4. The van der Waals surface area contributed by atoms with Crippen LogP contribution in [0.3, 0.4) is 0 Å². The standard InChI is InChI=1S/C20H26BNO6/c1-19(2)20(3,4)28-21(27-19)15(10-18(25)26-5)14-11-22(12-17(23)24)16-9-7-6-8-13(14)16/h6-9,11,15H,10,12H2,1-5H3,(H,23,24). The molecule has 8 heteroatoms. The molecule has 0 spiro atoms. The summed E-state index contributed by atoms with van der Waals surface area (Å²) in [7, 11) is 0.685. The minimum Gasteiger partial charge on any atom is -0.480 e. The molecule has 7 nitrogen and oxygen atoms in total. The maximum atomic E-state index is 12.2. The number of hydrogen-bond donors (Lipinski definition) is 1. The van der Waals surface area contributed by atoms with Gasteiger partial charge in [0.2, 0.25) is 0 Å². The number of carbonyl (C=O) groups is 2. The number of ether oxygens (including phenoxy) is 1. The monoisotopic (exact) mass is 387 g/mol. The molecule has 0 aliphatic carbocycles. The van der Waals surface area contributed by atoms with Crippen LogP contribution in [0.5, 0.6) is 0 Å². The fourth-order valence-corrected chi connectivity index (χ4v) is 3.52. The Balaban J connectivity index is 2.09. The zero-order chi connectivity index (χ0) is 20.7. The van der Waals surface area contributed by atoms with Crippen molar-refractivity contribution in [3.05, 3.63) is 36.0 Å². The fourth-order valence-electron chi connectivity index (χ4n) is 3.52. The van der Waals surface area contributed by atoms with Gasteiger partial charge in [-0.2, -0.15) is 0 Å². The van der Waals surface area contributed by atoms with E-state index in [9.17, 15) is 14.7 Å². The Morgan fingerprint density at radius 1 is 1.18 bits per heavy atom. The number of carboxylic acids is 1. The average molecular weight is 387 g/mol. The highest BCUT2D eigenvalue weighted by molar-refractivity contribution is 6.48. The third-order valence-corrected chi connectivity index (χ3v) is 5.74. The van der Waals surface area contributed by atoms with Gasteiger partial charge in [-0.25, -0.2) is 0 Å². The predicted octanol–water partition coefficient (Wildman–Crippen LogP) is 3.00. The van der Waals surface area contributed by atoms with Gasteiger partial charge in [-0.1, -0.05) is 18.2 Å². The third-order valence-electron chi connectivity index (χ3n) is 5.74. The van der Waals surface area contributed by atoms with Gasteiger partial charge in [0.05, 0.1) is 24.7 Å². The van der Waals surface area contributed by atoms with E-state index in [0.717, 1.165) is 16.5 Å². The predicted molar refractivity (Wildman–Crippen MR) is 105 cm³/mol. The molecule has 0 amide bonds. The second-order valence-electron chi connectivity index (χ2n) is 8.13. The first-order valence-electron chi connectivity index (χ1n) is 9.28. The lowest BCUT2D eigenvalue weighted by atomic mass is 9.66. The Kier molecular flexibility index (Phi) is 5.29. The highest BCUT2D eigenvalue weighted by atomic mass is 16.7. The summed E-state index contributed by atoms with van der Waals surface area (Å²) >= 11 is 0. The Labute approximate surface area is 164 Å². The Morgan fingerprint density at radius 3 is 2.36 bits per heavy atom. The largest absolute Gasteiger partial charge is 0.480 e. The van der Waals surface area contributed by atoms with Crippen molar-refractivity contribution in [3.63, 3.8) is 0 Å². The van der Waals surface area contributed by atoms with Crippen molar-refractivity contribution in [1.29, 1.82) is 0 Å². The summed E-state index contributed by atoms with van der Waals surface area (Å²) in [6.07, 6.45) is 1.84. The molecule has 1 aromatic heterocycles. The number of carbonyl (C=O) groups excluding carboxylic acids is 1. The van der Waals surface area contributed by atoms with Gasteiger partial charge in [0, 0.05) is 22.9 Å². The molecule has 1 aliphatic rings. The lowest BCUT2D eigenvalue weighted by molar-refractivity contribution is -0.141. The van der Waals surface area contributed by atoms with Crippen molar-refractivity contribution >= 4 is 30.0 Å². The topological polar surface area (TPSA) is 87.0 Å². The molecule has 1 unspecified atom stereocenters. The van der Waals surface area contributed by atoms with E-state index >= 15 is 0 Å². The second kappa shape index (κ2) is 7.26. The lowest BCUT2D eigenvalue weighted by Gasteiger charge is -2.32. The van der Waals surface area contributed by atoms with Crippen molar-refractivity contribution in [3.8, 4) is 0 Å². The maximum Gasteiger partial charge on any atom is 0.466 e. The van der Waals surface area contributed by atoms with Crippen LogP contribution in [0, 0.1) is 0 Å². The molecule has 1 fully saturated rings. The zero-order valence-corrected chi connectivity index (χ0v) is 16.9. The summed E-state index contributed by atoms with van der Waals surface area (Å²) in [6, 6.07) is 7.52. The molecular weight excluding hydrogens is 361 g/mol. The van der Waals surface area contributed by atoms with Gasteiger partial charge < -0.3 is 23.7 Å². The number of nitrogens with zero attached hydrogens (tertiary/aromatic N) is 1. The molecule has 0 saturated carbocycles. The van der Waals surface area contributed by atoms with Crippen LogP contribution in [0.1, 0.15) is 45.5 Å². The van der Waals surface area contributed by atoms with Crippen LogP contribution in [0.2, 0.25) is 0 Å². The van der Waals surface area contributed by atoms with Crippen LogP contribution in [0.25, 0.3) is 10.9 Å². The van der Waals surface area contributed by atoms with Crippen LogP contribution >= 0.6 is 0 Å². The molecule has 1 aromatic carbocycles. The Morgan fingerprint density at radius 2 is 1.79 bits per heavy atom. The molecule has 150 valence electrons. The quantitative estimate of drug-likeness (QED) is 0.606. The molecule has 2 heterocycles. The van der Waals surface area contributed by atoms with Gasteiger partial charge in [0.15, 0.2) is 0 Å². The summed E-state index contributed by atoms with van der Waals surface area (Å²) in [5.41, 5.74) is 0.490. The maximum absolute atomic E-state index is 12.2. The summed E-state index contributed by atoms with van der Waals surface area (Å²) in [6.45, 7) is 7.65. The fraction of sp³-hybridized carbons (Fsp3) is 0.500. The SMILES string of the molecule is COC(=O)CC(B1OC(C)(C)C(C)(C)O1)c1cn(CC(=O)O)c2ccccc12. The summed E-state index contributed by atoms with van der Waals surface area (Å²) in [5, 5.41) is 10.1. The van der Waals surface area contributed by atoms with Crippen LogP contribution in [-0.4, -0.2) is 47.0 Å². The van der Waals surface area contributed by atoms with Gasteiger partial charge in [-0.3, -0.25) is 9.59 Å². The van der Waals surface area contributed by atoms with E-state index < -0.39 is 30.1 Å². The van der Waals surface area contributed by atoms with Gasteiger partial charge in [-0.05, 0) is 39.3 Å². The van der Waals surface area contributed by atoms with E-state index in [0.29, 0.717) is 0 Å². The first-order valence-corrected chi connectivity index (χ1v) is 9.28. The van der Waals surface area contributed by atoms with E-state index in [-0.39, 0.29) is 18.9 Å². The normalized spacial score (nSPS) is 19.0. The molecule has 1 aliphatic heterocycles. The summed E-state index contributed by atoms with van der Waals surface area (Å²) in [4.78, 5) is 23.5. The number of rotatable bonds is 6. The van der Waals surface area contributed by atoms with Crippen LogP contribution in [0.15, 0.2) is 30.5 Å². The van der Waals surface area contributed by atoms with E-state index in [1.54, 1.807) is 10.8 Å². The number of para-hydroxylation sites is 1. The number of carboxylic acid groups (broad SMARTS) is 1. The summed E-state index contributed by atoms with van der Waals surface area (Å²) in [5.74, 6) is -1.75. The number of fused-ring (bicyclic) bond motifs is 1. The van der Waals surface area contributed by atoms with Crippen molar-refractivity contribution < 1.29 is 28.7 Å². The lowest BCUT2D eigenvalue weighted by Crippen LogP contribution is -2.41. The van der Waals surface area contributed by atoms with Gasteiger partial charge >= 0.3 is 19.1 Å². The van der Waals surface area contributed by atoms with Crippen molar-refractivity contribution in [2.45, 2.75) is 57.7 Å². The molecule has 3 rings (SSSR count). The third kappa shape index (κ3) is 3.66. The molecule has 2 aromatic rings. The van der Waals surface area contributed by atoms with Crippen molar-refractivity contribution in [2.75, 3.05) is 7.11 Å². The average Bonchev–Trinajstić information content (AvgIpc) is 3.06. The minimum absolute atomic E-state index is 0.0639. The number of aliphatic carboxylic acids is 1. The highest BCUT2D eigenvalue weighted by Gasteiger charge is 2.54. The van der Waals surface area contributed by atoms with Crippen LogP contribution < -0.4 is 0 Å². The van der Waals surface area contributed by atoms with Gasteiger partial charge in [-0.15, -0.1) is 0 Å². The number of hydrogen-bond acceptors (Lipinski definition) is 5. The van der Waals surface area contributed by atoms with E-state index in [4.69, 9.17) is 14.0 Å². The molecule has 0 radical (unpaired) electrons. The van der Waals surface area contributed by atoms with Crippen LogP contribution in [0.4, 0.5) is 0 Å². The number of benzene rings is 1. The molecule has 1 N–H and O–H groups in total. The smallest absolute Gasteiger partial charge is 0.466 e. The molecule has 1 atom stereocenters. The highest BCUT2D eigenvalue weighted by Crippen LogP contribution is 2.43. The first-order chi connectivity index (χ1) is 13.1. The Bertz CT molecular complexity index is 887. The van der Waals surface area contributed by atoms with E-state index in [1.165, 1.54) is 7.11 Å². The van der Waals surface area contributed by atoms with E-state index in [2.05, 4.69) is 0 Å². The van der Waals surface area contributed by atoms with Crippen molar-refractivity contribution in [2.24, 2.45) is 0 Å². The van der Waals surface area contributed by atoms with Crippen molar-refractivity contribution in [1.82, 2.24) is 4.57 Å².